The smallest absolute Gasteiger partial charge is 0.287 e. The molecule has 0 fully saturated rings. The van der Waals surface area contributed by atoms with Crippen LogP contribution in [0.3, 0.4) is 0 Å². The minimum Gasteiger partial charge on any atom is -0.444 e. The molecule has 0 aliphatic heterocycles. The third-order valence-electron chi connectivity index (χ3n) is 2.54. The average molecular weight is 337 g/mol. The molecule has 0 bridgehead atoms. The summed E-state index contributed by atoms with van der Waals surface area (Å²) in [6.07, 6.45) is 0. The molecule has 2 aromatic rings. The maximum Gasteiger partial charge on any atom is 0.287 e. The van der Waals surface area contributed by atoms with E-state index in [9.17, 15) is 9.59 Å². The van der Waals surface area contributed by atoms with Crippen LogP contribution in [0, 0.1) is 6.92 Å². The summed E-state index contributed by atoms with van der Waals surface area (Å²) in [5.74, 6) is -0.581. The molecule has 1 heterocycles. The summed E-state index contributed by atoms with van der Waals surface area (Å²) in [5, 5.41) is 5.17. The first-order valence-electron chi connectivity index (χ1n) is 5.94. The highest BCUT2D eigenvalue weighted by atomic mass is 79.9. The molecule has 2 amide bonds. The number of carbonyl (C=O) groups is 2. The van der Waals surface area contributed by atoms with E-state index in [1.807, 2.05) is 19.1 Å². The normalized spacial score (nSPS) is 10.1. The fourth-order valence-corrected chi connectivity index (χ4v) is 1.83. The molecule has 1 aromatic heterocycles. The highest BCUT2D eigenvalue weighted by Crippen LogP contribution is 2.13. The molecule has 2 N–H and O–H groups in total. The molecule has 2 rings (SSSR count). The van der Waals surface area contributed by atoms with E-state index >= 15 is 0 Å². The SMILES string of the molecule is Cc1ccc(NC(=O)CNC(=O)c2ccc(Br)o2)cc1. The second-order valence-electron chi connectivity index (χ2n) is 4.20. The Kier molecular flexibility index (Phi) is 4.57. The minimum atomic E-state index is -0.435. The third-order valence-corrected chi connectivity index (χ3v) is 2.97. The van der Waals surface area contributed by atoms with E-state index in [1.54, 1.807) is 18.2 Å². The Morgan fingerprint density at radius 2 is 1.85 bits per heavy atom. The number of halogens is 1. The zero-order chi connectivity index (χ0) is 14.5. The van der Waals surface area contributed by atoms with E-state index in [1.165, 1.54) is 6.07 Å². The van der Waals surface area contributed by atoms with E-state index in [4.69, 9.17) is 4.42 Å². The van der Waals surface area contributed by atoms with Gasteiger partial charge in [0.05, 0.1) is 6.54 Å². The van der Waals surface area contributed by atoms with Crippen molar-refractivity contribution in [2.45, 2.75) is 6.92 Å². The van der Waals surface area contributed by atoms with Crippen molar-refractivity contribution in [2.75, 3.05) is 11.9 Å². The van der Waals surface area contributed by atoms with Crippen molar-refractivity contribution >= 4 is 33.4 Å². The number of hydrogen-bond donors (Lipinski definition) is 2. The highest BCUT2D eigenvalue weighted by molar-refractivity contribution is 9.10. The number of amides is 2. The van der Waals surface area contributed by atoms with Gasteiger partial charge < -0.3 is 15.1 Å². The molecular formula is C14H13BrN2O3. The van der Waals surface area contributed by atoms with Gasteiger partial charge in [0, 0.05) is 5.69 Å². The lowest BCUT2D eigenvalue weighted by molar-refractivity contribution is -0.115. The lowest BCUT2D eigenvalue weighted by Crippen LogP contribution is -2.32. The largest absolute Gasteiger partial charge is 0.444 e. The number of rotatable bonds is 4. The summed E-state index contributed by atoms with van der Waals surface area (Å²) in [5.41, 5.74) is 1.80. The predicted molar refractivity (Wildman–Crippen MR) is 78.5 cm³/mol. The fourth-order valence-electron chi connectivity index (χ4n) is 1.53. The molecule has 20 heavy (non-hydrogen) atoms. The topological polar surface area (TPSA) is 71.3 Å². The van der Waals surface area contributed by atoms with Crippen molar-refractivity contribution in [1.29, 1.82) is 0 Å². The summed E-state index contributed by atoms with van der Waals surface area (Å²) < 4.78 is 5.55. The van der Waals surface area contributed by atoms with Gasteiger partial charge in [0.1, 0.15) is 0 Å². The Morgan fingerprint density at radius 3 is 2.45 bits per heavy atom. The van der Waals surface area contributed by atoms with Crippen molar-refractivity contribution < 1.29 is 14.0 Å². The minimum absolute atomic E-state index is 0.120. The first kappa shape index (κ1) is 14.3. The van der Waals surface area contributed by atoms with Gasteiger partial charge in [0.15, 0.2) is 10.4 Å². The lowest BCUT2D eigenvalue weighted by Gasteiger charge is -2.06. The van der Waals surface area contributed by atoms with E-state index in [0.717, 1.165) is 5.56 Å². The fraction of sp³-hybridized carbons (Fsp3) is 0.143. The number of nitrogens with one attached hydrogen (secondary N) is 2. The molecule has 6 heteroatoms. The third kappa shape index (κ3) is 3.96. The van der Waals surface area contributed by atoms with Crippen LogP contribution in [0.15, 0.2) is 45.5 Å². The zero-order valence-electron chi connectivity index (χ0n) is 10.8. The van der Waals surface area contributed by atoms with Crippen LogP contribution in [-0.4, -0.2) is 18.4 Å². The zero-order valence-corrected chi connectivity index (χ0v) is 12.4. The van der Waals surface area contributed by atoms with Gasteiger partial charge in [-0.15, -0.1) is 0 Å². The Labute approximate surface area is 124 Å². The quantitative estimate of drug-likeness (QED) is 0.901. The van der Waals surface area contributed by atoms with Crippen molar-refractivity contribution in [3.05, 3.63) is 52.4 Å². The van der Waals surface area contributed by atoms with Crippen molar-refractivity contribution in [1.82, 2.24) is 5.32 Å². The number of hydrogen-bond acceptors (Lipinski definition) is 3. The van der Waals surface area contributed by atoms with Crippen LogP contribution in [-0.2, 0) is 4.79 Å². The Balaban J connectivity index is 1.83. The van der Waals surface area contributed by atoms with Gasteiger partial charge in [0.25, 0.3) is 5.91 Å². The monoisotopic (exact) mass is 336 g/mol. The van der Waals surface area contributed by atoms with Crippen LogP contribution in [0.5, 0.6) is 0 Å². The molecule has 0 aliphatic carbocycles. The van der Waals surface area contributed by atoms with Crippen molar-refractivity contribution in [3.63, 3.8) is 0 Å². The second kappa shape index (κ2) is 6.38. The standard InChI is InChI=1S/C14H13BrN2O3/c1-9-2-4-10(5-3-9)17-13(18)8-16-14(19)11-6-7-12(15)20-11/h2-7H,8H2,1H3,(H,16,19)(H,17,18). The van der Waals surface area contributed by atoms with Crippen molar-refractivity contribution in [3.8, 4) is 0 Å². The average Bonchev–Trinajstić information content (AvgIpc) is 2.85. The summed E-state index contributed by atoms with van der Waals surface area (Å²) >= 11 is 3.10. The van der Waals surface area contributed by atoms with Crippen molar-refractivity contribution in [2.24, 2.45) is 0 Å². The van der Waals surface area contributed by atoms with Gasteiger partial charge >= 0.3 is 0 Å². The lowest BCUT2D eigenvalue weighted by atomic mass is 10.2. The van der Waals surface area contributed by atoms with E-state index in [2.05, 4.69) is 26.6 Å². The summed E-state index contributed by atoms with van der Waals surface area (Å²) in [6, 6.07) is 10.5. The van der Waals surface area contributed by atoms with E-state index in [-0.39, 0.29) is 18.2 Å². The van der Waals surface area contributed by atoms with Gasteiger partial charge in [-0.2, -0.15) is 0 Å². The molecule has 5 nitrogen and oxygen atoms in total. The molecule has 0 aliphatic rings. The first-order valence-corrected chi connectivity index (χ1v) is 6.74. The van der Waals surface area contributed by atoms with Gasteiger partial charge in [-0.25, -0.2) is 0 Å². The number of carbonyl (C=O) groups excluding carboxylic acids is 2. The first-order chi connectivity index (χ1) is 9.54. The van der Waals surface area contributed by atoms with Gasteiger partial charge in [-0.1, -0.05) is 17.7 Å². The summed E-state index contributed by atoms with van der Waals surface area (Å²) in [4.78, 5) is 23.3. The number of furan rings is 1. The maximum absolute atomic E-state index is 11.7. The molecule has 0 radical (unpaired) electrons. The second-order valence-corrected chi connectivity index (χ2v) is 4.98. The molecule has 0 atom stereocenters. The Morgan fingerprint density at radius 1 is 1.15 bits per heavy atom. The van der Waals surface area contributed by atoms with Crippen LogP contribution in [0.25, 0.3) is 0 Å². The molecule has 0 saturated carbocycles. The highest BCUT2D eigenvalue weighted by Gasteiger charge is 2.11. The number of benzene rings is 1. The van der Waals surface area contributed by atoms with E-state index in [0.29, 0.717) is 10.4 Å². The molecule has 0 spiro atoms. The van der Waals surface area contributed by atoms with Crippen LogP contribution in [0.2, 0.25) is 0 Å². The number of anilines is 1. The summed E-state index contributed by atoms with van der Waals surface area (Å²) in [7, 11) is 0. The summed E-state index contributed by atoms with van der Waals surface area (Å²) in [6.45, 7) is 1.85. The Hall–Kier alpha value is -2.08. The van der Waals surface area contributed by atoms with E-state index < -0.39 is 5.91 Å². The van der Waals surface area contributed by atoms with Crippen LogP contribution < -0.4 is 10.6 Å². The predicted octanol–water partition coefficient (Wildman–Crippen LogP) is 2.72. The molecular weight excluding hydrogens is 324 g/mol. The van der Waals surface area contributed by atoms with Crippen LogP contribution >= 0.6 is 15.9 Å². The van der Waals surface area contributed by atoms with Crippen LogP contribution in [0.1, 0.15) is 16.1 Å². The molecule has 0 unspecified atom stereocenters. The molecule has 104 valence electrons. The van der Waals surface area contributed by atoms with Gasteiger partial charge in [-0.05, 0) is 47.1 Å². The number of aryl methyl sites for hydroxylation is 1. The van der Waals surface area contributed by atoms with Gasteiger partial charge in [-0.3, -0.25) is 9.59 Å². The molecule has 1 aromatic carbocycles. The van der Waals surface area contributed by atoms with Gasteiger partial charge in [0.2, 0.25) is 5.91 Å². The van der Waals surface area contributed by atoms with Crippen LogP contribution in [0.4, 0.5) is 5.69 Å². The Bertz CT molecular complexity index is 620. The molecule has 0 saturated heterocycles. The maximum atomic E-state index is 11.7.